The van der Waals surface area contributed by atoms with Gasteiger partial charge in [0.2, 0.25) is 0 Å². The van der Waals surface area contributed by atoms with Crippen molar-refractivity contribution in [1.29, 1.82) is 0 Å². The molecule has 5 nitrogen and oxygen atoms in total. The lowest BCUT2D eigenvalue weighted by Gasteiger charge is -2.09. The van der Waals surface area contributed by atoms with Gasteiger partial charge in [-0.1, -0.05) is 24.4 Å². The van der Waals surface area contributed by atoms with Gasteiger partial charge in [-0.25, -0.2) is 15.0 Å². The fraction of sp³-hybridized carbons (Fsp3) is 0.0769. The molecule has 2 N–H and O–H groups in total. The summed E-state index contributed by atoms with van der Waals surface area (Å²) in [6.45, 7) is 1.90. The fourth-order valence-electron chi connectivity index (χ4n) is 1.96. The smallest absolute Gasteiger partial charge is 0.173 e. The molecule has 0 aliphatic heterocycles. The zero-order valence-corrected chi connectivity index (χ0v) is 11.1. The van der Waals surface area contributed by atoms with Gasteiger partial charge in [0.1, 0.15) is 4.99 Å². The zero-order valence-electron chi connectivity index (χ0n) is 10.2. The molecule has 3 aromatic rings. The minimum absolute atomic E-state index is 0.236. The van der Waals surface area contributed by atoms with E-state index in [1.165, 1.54) is 0 Å². The molecule has 0 amide bonds. The Morgan fingerprint density at radius 1 is 1.21 bits per heavy atom. The summed E-state index contributed by atoms with van der Waals surface area (Å²) in [6.07, 6.45) is 3.42. The summed E-state index contributed by atoms with van der Waals surface area (Å²) in [6, 6.07) is 7.72. The lowest BCUT2D eigenvalue weighted by Crippen LogP contribution is -2.17. The quantitative estimate of drug-likeness (QED) is 0.718. The molecule has 0 spiro atoms. The van der Waals surface area contributed by atoms with Crippen molar-refractivity contribution in [2.75, 3.05) is 0 Å². The Bertz CT molecular complexity index is 778. The first kappa shape index (κ1) is 11.7. The molecular formula is C13H11N5S. The highest BCUT2D eigenvalue weighted by atomic mass is 32.1. The van der Waals surface area contributed by atoms with Gasteiger partial charge in [-0.2, -0.15) is 0 Å². The predicted molar refractivity (Wildman–Crippen MR) is 77.3 cm³/mol. The third-order valence-electron chi connectivity index (χ3n) is 2.81. The average molecular weight is 269 g/mol. The molecule has 6 heteroatoms. The highest BCUT2D eigenvalue weighted by molar-refractivity contribution is 7.80. The van der Waals surface area contributed by atoms with Crippen LogP contribution in [0.25, 0.3) is 16.9 Å². The first-order valence-electron chi connectivity index (χ1n) is 5.74. The Hall–Kier alpha value is -2.34. The number of fused-ring (bicyclic) bond motifs is 1. The topological polar surface area (TPSA) is 69.6 Å². The van der Waals surface area contributed by atoms with Crippen LogP contribution in [0.15, 0.2) is 36.7 Å². The van der Waals surface area contributed by atoms with Crippen molar-refractivity contribution in [2.24, 2.45) is 5.73 Å². The summed E-state index contributed by atoms with van der Waals surface area (Å²) in [7, 11) is 0. The Labute approximate surface area is 115 Å². The van der Waals surface area contributed by atoms with E-state index in [-0.39, 0.29) is 4.99 Å². The van der Waals surface area contributed by atoms with Crippen LogP contribution < -0.4 is 5.73 Å². The summed E-state index contributed by atoms with van der Waals surface area (Å²) < 4.78 is 1.76. The predicted octanol–water partition coefficient (Wildman–Crippen LogP) is 1.76. The number of nitrogens with zero attached hydrogens (tertiary/aromatic N) is 4. The number of aromatic nitrogens is 4. The van der Waals surface area contributed by atoms with Gasteiger partial charge in [0.05, 0.1) is 16.7 Å². The maximum Gasteiger partial charge on any atom is 0.173 e. The zero-order chi connectivity index (χ0) is 13.4. The van der Waals surface area contributed by atoms with Crippen molar-refractivity contribution >= 4 is 28.2 Å². The first-order chi connectivity index (χ1) is 9.16. The second-order valence-corrected chi connectivity index (χ2v) is 4.55. The summed E-state index contributed by atoms with van der Waals surface area (Å²) in [5.74, 6) is 1.21. The van der Waals surface area contributed by atoms with Gasteiger partial charge >= 0.3 is 0 Å². The molecule has 0 fully saturated rings. The van der Waals surface area contributed by atoms with Crippen LogP contribution in [0.3, 0.4) is 0 Å². The molecule has 0 radical (unpaired) electrons. The highest BCUT2D eigenvalue weighted by Gasteiger charge is 2.12. The second kappa shape index (κ2) is 4.40. The van der Waals surface area contributed by atoms with Crippen molar-refractivity contribution in [3.8, 4) is 5.82 Å². The van der Waals surface area contributed by atoms with E-state index in [4.69, 9.17) is 18.0 Å². The Kier molecular flexibility index (Phi) is 2.72. The van der Waals surface area contributed by atoms with Gasteiger partial charge in [0.15, 0.2) is 11.6 Å². The number of thiocarbonyl (C=S) groups is 1. The number of nitrogens with two attached hydrogens (primary N) is 1. The molecule has 0 saturated heterocycles. The maximum atomic E-state index is 5.66. The minimum atomic E-state index is 0.236. The van der Waals surface area contributed by atoms with Crippen molar-refractivity contribution in [3.63, 3.8) is 0 Å². The van der Waals surface area contributed by atoms with E-state index in [1.54, 1.807) is 17.0 Å². The van der Waals surface area contributed by atoms with Crippen LogP contribution in [-0.4, -0.2) is 24.5 Å². The van der Waals surface area contributed by atoms with Gasteiger partial charge in [-0.05, 0) is 19.1 Å². The number of aryl methyl sites for hydroxylation is 1. The molecule has 0 saturated carbocycles. The third kappa shape index (κ3) is 1.96. The van der Waals surface area contributed by atoms with Crippen LogP contribution in [0.4, 0.5) is 0 Å². The van der Waals surface area contributed by atoms with E-state index >= 15 is 0 Å². The van der Waals surface area contributed by atoms with Crippen molar-refractivity contribution in [2.45, 2.75) is 6.92 Å². The second-order valence-electron chi connectivity index (χ2n) is 4.11. The summed E-state index contributed by atoms with van der Waals surface area (Å²) >= 11 is 4.99. The van der Waals surface area contributed by atoms with E-state index in [0.717, 1.165) is 16.7 Å². The van der Waals surface area contributed by atoms with Crippen molar-refractivity contribution < 1.29 is 0 Å². The fourth-order valence-corrected chi connectivity index (χ4v) is 2.11. The van der Waals surface area contributed by atoms with E-state index in [1.807, 2.05) is 31.2 Å². The summed E-state index contributed by atoms with van der Waals surface area (Å²) in [5.41, 5.74) is 8.15. The standard InChI is InChI=1S/C13H11N5S/c1-8-12(18-7-6-15-13(18)11(14)19)17-10-5-3-2-4-9(10)16-8/h2-7H,1H3,(H2,14,19). The highest BCUT2D eigenvalue weighted by Crippen LogP contribution is 2.16. The molecule has 0 aliphatic rings. The largest absolute Gasteiger partial charge is 0.387 e. The lowest BCUT2D eigenvalue weighted by atomic mass is 10.3. The molecule has 0 atom stereocenters. The number of para-hydroxylation sites is 2. The van der Waals surface area contributed by atoms with Crippen LogP contribution in [0, 0.1) is 6.92 Å². The van der Waals surface area contributed by atoms with Crippen LogP contribution in [-0.2, 0) is 0 Å². The van der Waals surface area contributed by atoms with E-state index in [2.05, 4.69) is 15.0 Å². The molecule has 3 rings (SSSR count). The van der Waals surface area contributed by atoms with E-state index in [0.29, 0.717) is 11.6 Å². The van der Waals surface area contributed by atoms with Gasteiger partial charge in [-0.3, -0.25) is 4.57 Å². The van der Waals surface area contributed by atoms with E-state index < -0.39 is 0 Å². The van der Waals surface area contributed by atoms with E-state index in [9.17, 15) is 0 Å². The minimum Gasteiger partial charge on any atom is -0.387 e. The molecule has 94 valence electrons. The van der Waals surface area contributed by atoms with Crippen LogP contribution in [0.2, 0.25) is 0 Å². The maximum absolute atomic E-state index is 5.66. The number of hydrogen-bond donors (Lipinski definition) is 1. The molecule has 1 aromatic carbocycles. The third-order valence-corrected chi connectivity index (χ3v) is 2.99. The molecule has 19 heavy (non-hydrogen) atoms. The normalized spacial score (nSPS) is 10.8. The van der Waals surface area contributed by atoms with Crippen molar-refractivity contribution in [3.05, 3.63) is 48.2 Å². The van der Waals surface area contributed by atoms with Crippen LogP contribution >= 0.6 is 12.2 Å². The molecule has 0 aliphatic carbocycles. The van der Waals surface area contributed by atoms with Gasteiger partial charge in [0, 0.05) is 12.4 Å². The van der Waals surface area contributed by atoms with Crippen LogP contribution in [0.5, 0.6) is 0 Å². The molecule has 2 aromatic heterocycles. The molecule has 0 bridgehead atoms. The van der Waals surface area contributed by atoms with Gasteiger partial charge in [0.25, 0.3) is 0 Å². The first-order valence-corrected chi connectivity index (χ1v) is 6.14. The number of imidazole rings is 1. The van der Waals surface area contributed by atoms with Gasteiger partial charge in [-0.15, -0.1) is 0 Å². The van der Waals surface area contributed by atoms with Gasteiger partial charge < -0.3 is 5.73 Å². The average Bonchev–Trinajstić information content (AvgIpc) is 2.87. The SMILES string of the molecule is Cc1nc2ccccc2nc1-n1ccnc1C(N)=S. The molecular weight excluding hydrogens is 258 g/mol. The lowest BCUT2D eigenvalue weighted by molar-refractivity contribution is 0.951. The summed E-state index contributed by atoms with van der Waals surface area (Å²) in [4.78, 5) is 13.5. The Morgan fingerprint density at radius 3 is 2.58 bits per heavy atom. The molecule has 2 heterocycles. The number of rotatable bonds is 2. The molecule has 0 unspecified atom stereocenters. The Balaban J connectivity index is 2.27. The Morgan fingerprint density at radius 2 is 1.89 bits per heavy atom. The number of benzene rings is 1. The summed E-state index contributed by atoms with van der Waals surface area (Å²) in [5, 5.41) is 0. The van der Waals surface area contributed by atoms with Crippen molar-refractivity contribution in [1.82, 2.24) is 19.5 Å². The van der Waals surface area contributed by atoms with Crippen LogP contribution in [0.1, 0.15) is 11.5 Å². The number of hydrogen-bond acceptors (Lipinski definition) is 4. The monoisotopic (exact) mass is 269 g/mol.